The summed E-state index contributed by atoms with van der Waals surface area (Å²) in [6.07, 6.45) is 1.87. The van der Waals surface area contributed by atoms with Gasteiger partial charge >= 0.3 is 0 Å². The molecule has 1 aromatic heterocycles. The monoisotopic (exact) mass is 356 g/mol. The third-order valence-electron chi connectivity index (χ3n) is 2.58. The number of hydrogen-bond donors (Lipinski definition) is 1. The summed E-state index contributed by atoms with van der Waals surface area (Å²) in [7, 11) is 3.13. The van der Waals surface area contributed by atoms with E-state index >= 15 is 0 Å². The summed E-state index contributed by atoms with van der Waals surface area (Å²) in [6.45, 7) is 0. The molecule has 0 aliphatic carbocycles. The molecule has 20 heavy (non-hydrogen) atoms. The molecule has 1 aromatic carbocycles. The summed E-state index contributed by atoms with van der Waals surface area (Å²) in [4.78, 5) is 16.0. The first-order valence-electron chi connectivity index (χ1n) is 5.73. The SMILES string of the molecule is COc1cc(Br)c(CC(=O)Nc2nccs2)cc1OC. The quantitative estimate of drug-likeness (QED) is 0.893. The summed E-state index contributed by atoms with van der Waals surface area (Å²) in [5.41, 5.74) is 0.816. The van der Waals surface area contributed by atoms with Gasteiger partial charge in [-0.15, -0.1) is 11.3 Å². The zero-order valence-electron chi connectivity index (χ0n) is 11.0. The Hall–Kier alpha value is -1.60. The van der Waals surface area contributed by atoms with E-state index in [4.69, 9.17) is 9.47 Å². The number of hydrogen-bond acceptors (Lipinski definition) is 5. The van der Waals surface area contributed by atoms with Crippen LogP contribution in [0.4, 0.5) is 5.13 Å². The highest BCUT2D eigenvalue weighted by Crippen LogP contribution is 2.33. The van der Waals surface area contributed by atoms with Gasteiger partial charge in [-0.25, -0.2) is 4.98 Å². The minimum Gasteiger partial charge on any atom is -0.493 e. The molecule has 0 fully saturated rings. The van der Waals surface area contributed by atoms with Crippen LogP contribution in [0.5, 0.6) is 11.5 Å². The highest BCUT2D eigenvalue weighted by Gasteiger charge is 2.13. The number of anilines is 1. The van der Waals surface area contributed by atoms with E-state index in [1.807, 2.05) is 5.38 Å². The highest BCUT2D eigenvalue weighted by atomic mass is 79.9. The Kier molecular flexibility index (Phi) is 4.97. The predicted molar refractivity (Wildman–Crippen MR) is 81.7 cm³/mol. The molecule has 106 valence electrons. The summed E-state index contributed by atoms with van der Waals surface area (Å²) < 4.78 is 11.2. The molecule has 0 radical (unpaired) electrons. The van der Waals surface area contributed by atoms with E-state index < -0.39 is 0 Å². The molecule has 1 heterocycles. The molecule has 5 nitrogen and oxygen atoms in total. The first kappa shape index (κ1) is 14.8. The molecule has 0 saturated heterocycles. The Morgan fingerprint density at radius 1 is 1.35 bits per heavy atom. The van der Waals surface area contributed by atoms with Gasteiger partial charge < -0.3 is 14.8 Å². The third kappa shape index (κ3) is 3.49. The van der Waals surface area contributed by atoms with E-state index in [-0.39, 0.29) is 12.3 Å². The first-order valence-corrected chi connectivity index (χ1v) is 7.41. The number of aromatic nitrogens is 1. The molecular weight excluding hydrogens is 344 g/mol. The Balaban J connectivity index is 2.14. The van der Waals surface area contributed by atoms with E-state index in [9.17, 15) is 4.79 Å². The van der Waals surface area contributed by atoms with Crippen LogP contribution in [0.3, 0.4) is 0 Å². The smallest absolute Gasteiger partial charge is 0.230 e. The summed E-state index contributed by atoms with van der Waals surface area (Å²) >= 11 is 4.81. The molecule has 2 rings (SSSR count). The molecule has 1 amide bonds. The molecule has 0 bridgehead atoms. The van der Waals surface area contributed by atoms with Crippen molar-refractivity contribution < 1.29 is 14.3 Å². The average molecular weight is 357 g/mol. The largest absolute Gasteiger partial charge is 0.493 e. The van der Waals surface area contributed by atoms with Crippen LogP contribution < -0.4 is 14.8 Å². The van der Waals surface area contributed by atoms with Gasteiger partial charge in [-0.2, -0.15) is 0 Å². The van der Waals surface area contributed by atoms with Gasteiger partial charge in [0.2, 0.25) is 5.91 Å². The third-order valence-corrected chi connectivity index (χ3v) is 4.01. The number of amides is 1. The topological polar surface area (TPSA) is 60.5 Å². The van der Waals surface area contributed by atoms with Crippen LogP contribution in [0.15, 0.2) is 28.2 Å². The van der Waals surface area contributed by atoms with Gasteiger partial charge in [0, 0.05) is 16.0 Å². The van der Waals surface area contributed by atoms with Gasteiger partial charge in [0.05, 0.1) is 20.6 Å². The molecule has 7 heteroatoms. The normalized spacial score (nSPS) is 10.2. The van der Waals surface area contributed by atoms with Crippen LogP contribution in [0, 0.1) is 0 Å². The summed E-state index contributed by atoms with van der Waals surface area (Å²) in [6, 6.07) is 3.56. The van der Waals surface area contributed by atoms with Crippen molar-refractivity contribution >= 4 is 38.3 Å². The van der Waals surface area contributed by atoms with Crippen LogP contribution in [0.2, 0.25) is 0 Å². The van der Waals surface area contributed by atoms with Crippen LogP contribution in [-0.2, 0) is 11.2 Å². The van der Waals surface area contributed by atoms with E-state index in [2.05, 4.69) is 26.2 Å². The molecule has 1 N–H and O–H groups in total. The lowest BCUT2D eigenvalue weighted by molar-refractivity contribution is -0.115. The lowest BCUT2D eigenvalue weighted by Gasteiger charge is -2.11. The lowest BCUT2D eigenvalue weighted by Crippen LogP contribution is -2.14. The van der Waals surface area contributed by atoms with E-state index in [1.54, 1.807) is 32.5 Å². The number of methoxy groups -OCH3 is 2. The Morgan fingerprint density at radius 2 is 2.05 bits per heavy atom. The number of carbonyl (C=O) groups is 1. The fourth-order valence-corrected chi connectivity index (χ4v) is 2.66. The zero-order valence-corrected chi connectivity index (χ0v) is 13.4. The van der Waals surface area contributed by atoms with Crippen molar-refractivity contribution in [2.75, 3.05) is 19.5 Å². The maximum absolute atomic E-state index is 11.9. The zero-order chi connectivity index (χ0) is 14.5. The summed E-state index contributed by atoms with van der Waals surface area (Å²) in [5, 5.41) is 5.14. The van der Waals surface area contributed by atoms with Crippen molar-refractivity contribution in [3.05, 3.63) is 33.7 Å². The Morgan fingerprint density at radius 3 is 2.65 bits per heavy atom. The second kappa shape index (κ2) is 6.71. The second-order valence-electron chi connectivity index (χ2n) is 3.86. The van der Waals surface area contributed by atoms with Gasteiger partial charge in [0.15, 0.2) is 16.6 Å². The van der Waals surface area contributed by atoms with Gasteiger partial charge in [-0.3, -0.25) is 4.79 Å². The van der Waals surface area contributed by atoms with Crippen molar-refractivity contribution in [2.45, 2.75) is 6.42 Å². The first-order chi connectivity index (χ1) is 9.63. The molecular formula is C13H13BrN2O3S. The average Bonchev–Trinajstić information content (AvgIpc) is 2.93. The number of halogens is 1. The van der Waals surface area contributed by atoms with Gasteiger partial charge in [0.1, 0.15) is 0 Å². The minimum atomic E-state index is -0.132. The number of nitrogens with zero attached hydrogens (tertiary/aromatic N) is 1. The van der Waals surface area contributed by atoms with Crippen LogP contribution in [0.25, 0.3) is 0 Å². The standard InChI is InChI=1S/C13H13BrN2O3S/c1-18-10-5-8(9(14)7-11(10)19-2)6-12(17)16-13-15-3-4-20-13/h3-5,7H,6H2,1-2H3,(H,15,16,17). The van der Waals surface area contributed by atoms with Gasteiger partial charge in [0.25, 0.3) is 0 Å². The van der Waals surface area contributed by atoms with Crippen LogP contribution in [-0.4, -0.2) is 25.1 Å². The van der Waals surface area contributed by atoms with Crippen molar-refractivity contribution in [3.63, 3.8) is 0 Å². The summed E-state index contributed by atoms with van der Waals surface area (Å²) in [5.74, 6) is 1.07. The number of rotatable bonds is 5. The number of thiazole rings is 1. The minimum absolute atomic E-state index is 0.132. The molecule has 0 saturated carbocycles. The van der Waals surface area contributed by atoms with Crippen LogP contribution >= 0.6 is 27.3 Å². The highest BCUT2D eigenvalue weighted by molar-refractivity contribution is 9.10. The number of nitrogens with one attached hydrogen (secondary N) is 1. The Bertz CT molecular complexity index is 602. The number of ether oxygens (including phenoxy) is 2. The molecule has 0 aliphatic heterocycles. The maximum atomic E-state index is 11.9. The van der Waals surface area contributed by atoms with Crippen molar-refractivity contribution in [3.8, 4) is 11.5 Å². The lowest BCUT2D eigenvalue weighted by atomic mass is 10.1. The van der Waals surface area contributed by atoms with E-state index in [0.717, 1.165) is 10.0 Å². The maximum Gasteiger partial charge on any atom is 0.230 e. The van der Waals surface area contributed by atoms with Crippen molar-refractivity contribution in [2.24, 2.45) is 0 Å². The van der Waals surface area contributed by atoms with Gasteiger partial charge in [-0.05, 0) is 17.7 Å². The fraction of sp³-hybridized carbons (Fsp3) is 0.231. The van der Waals surface area contributed by atoms with Gasteiger partial charge in [-0.1, -0.05) is 15.9 Å². The molecule has 0 aliphatic rings. The molecule has 2 aromatic rings. The number of benzene rings is 1. The second-order valence-corrected chi connectivity index (χ2v) is 5.61. The molecule has 0 atom stereocenters. The van der Waals surface area contributed by atoms with E-state index in [0.29, 0.717) is 16.6 Å². The fourth-order valence-electron chi connectivity index (χ4n) is 1.65. The van der Waals surface area contributed by atoms with Crippen LogP contribution in [0.1, 0.15) is 5.56 Å². The predicted octanol–water partition coefficient (Wildman–Crippen LogP) is 3.10. The Labute approximate surface area is 129 Å². The number of carbonyl (C=O) groups excluding carboxylic acids is 1. The van der Waals surface area contributed by atoms with Crippen molar-refractivity contribution in [1.29, 1.82) is 0 Å². The molecule has 0 unspecified atom stereocenters. The van der Waals surface area contributed by atoms with E-state index in [1.165, 1.54) is 11.3 Å². The molecule has 0 spiro atoms. The van der Waals surface area contributed by atoms with Crippen molar-refractivity contribution in [1.82, 2.24) is 4.98 Å².